The van der Waals surface area contributed by atoms with Crippen LogP contribution in [0.5, 0.6) is 0 Å². The van der Waals surface area contributed by atoms with Crippen LogP contribution in [0.4, 0.5) is 0 Å². The minimum absolute atomic E-state index is 0.178. The van der Waals surface area contributed by atoms with E-state index in [0.717, 1.165) is 32.1 Å². The molecule has 5 nitrogen and oxygen atoms in total. The SMILES string of the molecule is C[C@H](CN(C)S(=O)(=O)[C@@H]1CC[C@@]2(C)[C@@H](CC[C@@H]2c2ccc3ccncc3c2)C1)N(C)C. The summed E-state index contributed by atoms with van der Waals surface area (Å²) in [4.78, 5) is 6.36. The van der Waals surface area contributed by atoms with Crippen molar-refractivity contribution in [3.63, 3.8) is 0 Å². The van der Waals surface area contributed by atoms with E-state index in [1.807, 2.05) is 26.5 Å². The van der Waals surface area contributed by atoms with Gasteiger partial charge in [-0.3, -0.25) is 4.98 Å². The molecule has 1 aromatic carbocycles. The highest BCUT2D eigenvalue weighted by molar-refractivity contribution is 7.89. The highest BCUT2D eigenvalue weighted by atomic mass is 32.2. The lowest BCUT2D eigenvalue weighted by atomic mass is 9.64. The minimum Gasteiger partial charge on any atom is -0.305 e. The average Bonchev–Trinajstić information content (AvgIpc) is 3.09. The van der Waals surface area contributed by atoms with E-state index in [1.54, 1.807) is 11.4 Å². The van der Waals surface area contributed by atoms with Crippen molar-refractivity contribution >= 4 is 20.8 Å². The molecule has 0 saturated heterocycles. The first kappa shape index (κ1) is 22.7. The van der Waals surface area contributed by atoms with E-state index in [-0.39, 0.29) is 16.7 Å². The van der Waals surface area contributed by atoms with E-state index in [2.05, 4.69) is 48.0 Å². The van der Waals surface area contributed by atoms with Gasteiger partial charge in [-0.15, -0.1) is 0 Å². The Balaban J connectivity index is 1.51. The number of nitrogens with zero attached hydrogens (tertiary/aromatic N) is 3. The van der Waals surface area contributed by atoms with Crippen molar-refractivity contribution in [2.24, 2.45) is 11.3 Å². The summed E-state index contributed by atoms with van der Waals surface area (Å²) in [5, 5.41) is 2.17. The van der Waals surface area contributed by atoms with E-state index in [9.17, 15) is 8.42 Å². The standard InChI is InChI=1S/C25H37N3O2S/c1-18(27(3)4)17-28(5)31(29,30)23-10-12-25(2)22(15-23)8-9-24(25)20-7-6-19-11-13-26-16-21(19)14-20/h6-7,11,13-14,16,18,22-24H,8-10,12,15,17H2,1-5H3/t18-,22+,23-,24-,25+/m1/s1. The van der Waals surface area contributed by atoms with Gasteiger partial charge in [-0.05, 0) is 93.5 Å². The van der Waals surface area contributed by atoms with Gasteiger partial charge in [0, 0.05) is 37.4 Å². The summed E-state index contributed by atoms with van der Waals surface area (Å²) in [7, 11) is 2.48. The molecule has 2 saturated carbocycles. The Morgan fingerprint density at radius 2 is 1.90 bits per heavy atom. The molecule has 170 valence electrons. The molecule has 1 aromatic heterocycles. The molecule has 2 aromatic rings. The fraction of sp³-hybridized carbons (Fsp3) is 0.640. The van der Waals surface area contributed by atoms with Crippen LogP contribution >= 0.6 is 0 Å². The molecule has 0 radical (unpaired) electrons. The molecule has 31 heavy (non-hydrogen) atoms. The Bertz CT molecular complexity index is 1040. The van der Waals surface area contributed by atoms with Crippen LogP contribution < -0.4 is 0 Å². The zero-order valence-corrected chi connectivity index (χ0v) is 20.4. The number of hydrogen-bond donors (Lipinski definition) is 0. The van der Waals surface area contributed by atoms with Crippen molar-refractivity contribution in [1.82, 2.24) is 14.2 Å². The number of hydrogen-bond acceptors (Lipinski definition) is 4. The topological polar surface area (TPSA) is 53.5 Å². The van der Waals surface area contributed by atoms with Crippen LogP contribution in [0.25, 0.3) is 10.8 Å². The Labute approximate surface area is 187 Å². The number of likely N-dealkylation sites (N-methyl/N-ethyl adjacent to an activating group) is 2. The van der Waals surface area contributed by atoms with Crippen LogP contribution in [0.2, 0.25) is 0 Å². The summed E-state index contributed by atoms with van der Waals surface area (Å²) in [5.41, 5.74) is 1.57. The number of aromatic nitrogens is 1. The van der Waals surface area contributed by atoms with Gasteiger partial charge in [0.2, 0.25) is 10.0 Å². The lowest BCUT2D eigenvalue weighted by Crippen LogP contribution is -2.46. The predicted octanol–water partition coefficient (Wildman–Crippen LogP) is 4.50. The second-order valence-electron chi connectivity index (χ2n) is 10.3. The minimum atomic E-state index is -3.27. The van der Waals surface area contributed by atoms with Crippen LogP contribution in [0, 0.1) is 11.3 Å². The summed E-state index contributed by atoms with van der Waals surface area (Å²) >= 11 is 0. The molecule has 2 aliphatic rings. The molecule has 0 unspecified atom stereocenters. The smallest absolute Gasteiger partial charge is 0.216 e. The molecule has 0 aliphatic heterocycles. The highest BCUT2D eigenvalue weighted by Crippen LogP contribution is 2.60. The first-order chi connectivity index (χ1) is 14.6. The van der Waals surface area contributed by atoms with Crippen molar-refractivity contribution < 1.29 is 8.42 Å². The molecular formula is C25H37N3O2S. The second-order valence-corrected chi connectivity index (χ2v) is 12.7. The van der Waals surface area contributed by atoms with E-state index >= 15 is 0 Å². The van der Waals surface area contributed by atoms with Gasteiger partial charge in [-0.1, -0.05) is 19.1 Å². The summed E-state index contributed by atoms with van der Waals surface area (Å²) < 4.78 is 28.3. The molecule has 5 atom stereocenters. The fourth-order valence-corrected chi connectivity index (χ4v) is 7.84. The number of fused-ring (bicyclic) bond motifs is 2. The van der Waals surface area contributed by atoms with Crippen molar-refractivity contribution in [2.75, 3.05) is 27.7 Å². The maximum absolute atomic E-state index is 13.3. The Kier molecular flexibility index (Phi) is 6.18. The van der Waals surface area contributed by atoms with E-state index in [0.29, 0.717) is 18.4 Å². The molecule has 0 amide bonds. The van der Waals surface area contributed by atoms with Crippen molar-refractivity contribution in [2.45, 2.75) is 63.2 Å². The van der Waals surface area contributed by atoms with E-state index < -0.39 is 10.0 Å². The maximum Gasteiger partial charge on any atom is 0.216 e. The maximum atomic E-state index is 13.3. The normalized spacial score (nSPS) is 30.1. The van der Waals surface area contributed by atoms with Gasteiger partial charge in [0.1, 0.15) is 0 Å². The molecular weight excluding hydrogens is 406 g/mol. The van der Waals surface area contributed by atoms with Gasteiger partial charge in [-0.2, -0.15) is 0 Å². The second kappa shape index (κ2) is 8.45. The molecule has 0 spiro atoms. The quantitative estimate of drug-likeness (QED) is 0.660. The van der Waals surface area contributed by atoms with Crippen LogP contribution in [0.1, 0.15) is 57.4 Å². The summed E-state index contributed by atoms with van der Waals surface area (Å²) in [6.45, 7) is 5.02. The Morgan fingerprint density at radius 3 is 2.65 bits per heavy atom. The van der Waals surface area contributed by atoms with Gasteiger partial charge in [0.05, 0.1) is 5.25 Å². The van der Waals surface area contributed by atoms with Crippen molar-refractivity contribution in [1.29, 1.82) is 0 Å². The lowest BCUT2D eigenvalue weighted by Gasteiger charge is -2.44. The third-order valence-corrected chi connectivity index (χ3v) is 10.7. The van der Waals surface area contributed by atoms with Gasteiger partial charge >= 0.3 is 0 Å². The molecule has 2 aliphatic carbocycles. The van der Waals surface area contributed by atoms with Crippen LogP contribution in [-0.2, 0) is 10.0 Å². The third-order valence-electron chi connectivity index (χ3n) is 8.41. The van der Waals surface area contributed by atoms with E-state index in [4.69, 9.17) is 0 Å². The number of rotatable bonds is 6. The number of sulfonamides is 1. The van der Waals surface area contributed by atoms with E-state index in [1.165, 1.54) is 16.3 Å². The Hall–Kier alpha value is -1.50. The van der Waals surface area contributed by atoms with Crippen molar-refractivity contribution in [3.8, 4) is 0 Å². The summed E-state index contributed by atoms with van der Waals surface area (Å²) in [6.07, 6.45) is 8.60. The van der Waals surface area contributed by atoms with Crippen LogP contribution in [-0.4, -0.2) is 61.6 Å². The van der Waals surface area contributed by atoms with Crippen LogP contribution in [0.15, 0.2) is 36.7 Å². The molecule has 4 rings (SSSR count). The Morgan fingerprint density at radius 1 is 1.13 bits per heavy atom. The highest BCUT2D eigenvalue weighted by Gasteiger charge is 2.52. The predicted molar refractivity (Wildman–Crippen MR) is 128 cm³/mol. The third kappa shape index (κ3) is 4.14. The monoisotopic (exact) mass is 443 g/mol. The van der Waals surface area contributed by atoms with Crippen LogP contribution in [0.3, 0.4) is 0 Å². The van der Waals surface area contributed by atoms with Gasteiger partial charge in [-0.25, -0.2) is 12.7 Å². The first-order valence-corrected chi connectivity index (χ1v) is 13.1. The van der Waals surface area contributed by atoms with Gasteiger partial charge in [0.25, 0.3) is 0 Å². The largest absolute Gasteiger partial charge is 0.305 e. The zero-order chi connectivity index (χ0) is 22.4. The molecule has 2 fully saturated rings. The molecule has 0 bridgehead atoms. The average molecular weight is 444 g/mol. The summed E-state index contributed by atoms with van der Waals surface area (Å²) in [6, 6.07) is 9.05. The number of benzene rings is 1. The fourth-order valence-electron chi connectivity index (χ4n) is 6.02. The van der Waals surface area contributed by atoms with Gasteiger partial charge < -0.3 is 4.90 Å². The first-order valence-electron chi connectivity index (χ1n) is 11.6. The van der Waals surface area contributed by atoms with Gasteiger partial charge in [0.15, 0.2) is 0 Å². The summed E-state index contributed by atoms with van der Waals surface area (Å²) in [5.74, 6) is 0.965. The van der Waals surface area contributed by atoms with Crippen molar-refractivity contribution in [3.05, 3.63) is 42.2 Å². The molecule has 6 heteroatoms. The molecule has 0 N–H and O–H groups in total. The molecule has 1 heterocycles. The number of pyridine rings is 1. The lowest BCUT2D eigenvalue weighted by molar-refractivity contribution is 0.132. The zero-order valence-electron chi connectivity index (χ0n) is 19.6.